The first-order chi connectivity index (χ1) is 9.59. The van der Waals surface area contributed by atoms with Crippen LogP contribution in [-0.2, 0) is 11.3 Å². The van der Waals surface area contributed by atoms with Gasteiger partial charge in [0.1, 0.15) is 0 Å². The minimum atomic E-state index is -0.849. The van der Waals surface area contributed by atoms with Crippen LogP contribution in [0.15, 0.2) is 30.3 Å². The highest BCUT2D eigenvalue weighted by atomic mass is 16.4. The van der Waals surface area contributed by atoms with E-state index < -0.39 is 5.97 Å². The highest BCUT2D eigenvalue weighted by molar-refractivity contribution is 5.97. The molecule has 1 aromatic carbocycles. The summed E-state index contributed by atoms with van der Waals surface area (Å²) in [6.45, 7) is 1.86. The van der Waals surface area contributed by atoms with E-state index in [0.29, 0.717) is 24.4 Å². The topological polar surface area (TPSA) is 85.1 Å². The van der Waals surface area contributed by atoms with Crippen molar-refractivity contribution in [1.82, 2.24) is 15.0 Å². The lowest BCUT2D eigenvalue weighted by Crippen LogP contribution is -2.06. The predicted octanol–water partition coefficient (Wildman–Crippen LogP) is 2.01. The van der Waals surface area contributed by atoms with Crippen molar-refractivity contribution in [2.45, 2.75) is 26.3 Å². The molecule has 0 aliphatic rings. The number of hydrogen-bond acceptors (Lipinski definition) is 4. The molecule has 0 aliphatic heterocycles. The summed E-state index contributed by atoms with van der Waals surface area (Å²) in [6.07, 6.45) is 0.499. The normalized spacial score (nSPS) is 10.4. The van der Waals surface area contributed by atoms with Crippen LogP contribution in [-0.4, -0.2) is 31.9 Å². The van der Waals surface area contributed by atoms with Crippen LogP contribution in [0.4, 0.5) is 0 Å². The van der Waals surface area contributed by atoms with Gasteiger partial charge in [-0.2, -0.15) is 0 Å². The number of aromatic nitrogens is 3. The van der Waals surface area contributed by atoms with Gasteiger partial charge in [0.05, 0.1) is 5.69 Å². The molecule has 0 aliphatic carbocycles. The molecular weight excluding hydrogens is 258 g/mol. The predicted molar refractivity (Wildman–Crippen MR) is 72.3 cm³/mol. The Labute approximate surface area is 116 Å². The Morgan fingerprint density at radius 2 is 1.95 bits per heavy atom. The first kappa shape index (κ1) is 13.9. The van der Waals surface area contributed by atoms with Gasteiger partial charge >= 0.3 is 5.97 Å². The summed E-state index contributed by atoms with van der Waals surface area (Å²) in [4.78, 5) is 22.2. The van der Waals surface area contributed by atoms with Crippen molar-refractivity contribution in [2.75, 3.05) is 0 Å². The number of ketones is 1. The molecule has 104 valence electrons. The Morgan fingerprint density at radius 3 is 2.55 bits per heavy atom. The molecule has 0 atom stereocenters. The van der Waals surface area contributed by atoms with E-state index in [2.05, 4.69) is 10.3 Å². The minimum absolute atomic E-state index is 0.0590. The van der Waals surface area contributed by atoms with Gasteiger partial charge in [-0.25, -0.2) is 4.68 Å². The summed E-state index contributed by atoms with van der Waals surface area (Å²) in [6, 6.07) is 9.37. The standard InChI is InChI=1S/C14H15N3O3/c1-10(18)13-14(11-6-3-2-4-7-11)17(16-15-13)9-5-8-12(19)20/h2-4,6-7H,5,8-9H2,1H3,(H,19,20). The molecule has 0 bridgehead atoms. The molecule has 1 heterocycles. The van der Waals surface area contributed by atoms with E-state index in [1.807, 2.05) is 30.3 Å². The van der Waals surface area contributed by atoms with Crippen LogP contribution in [0.3, 0.4) is 0 Å². The quantitative estimate of drug-likeness (QED) is 0.814. The lowest BCUT2D eigenvalue weighted by atomic mass is 10.1. The largest absolute Gasteiger partial charge is 0.481 e. The van der Waals surface area contributed by atoms with Crippen LogP contribution >= 0.6 is 0 Å². The molecule has 0 saturated heterocycles. The Balaban J connectivity index is 2.33. The van der Waals surface area contributed by atoms with E-state index in [0.717, 1.165) is 5.56 Å². The average molecular weight is 273 g/mol. The number of carbonyl (C=O) groups excluding carboxylic acids is 1. The molecule has 0 saturated carbocycles. The van der Waals surface area contributed by atoms with Crippen LogP contribution in [0.2, 0.25) is 0 Å². The van der Waals surface area contributed by atoms with Gasteiger partial charge in [0, 0.05) is 25.5 Å². The van der Waals surface area contributed by atoms with Crippen LogP contribution < -0.4 is 0 Å². The third kappa shape index (κ3) is 3.09. The van der Waals surface area contributed by atoms with Gasteiger partial charge in [-0.3, -0.25) is 9.59 Å². The second-order valence-electron chi connectivity index (χ2n) is 4.43. The van der Waals surface area contributed by atoms with E-state index in [4.69, 9.17) is 5.11 Å². The number of Topliss-reactive ketones (excluding diaryl/α,β-unsaturated/α-hetero) is 1. The Bertz CT molecular complexity index is 620. The molecule has 6 nitrogen and oxygen atoms in total. The first-order valence-electron chi connectivity index (χ1n) is 6.31. The fourth-order valence-corrected chi connectivity index (χ4v) is 1.97. The van der Waals surface area contributed by atoms with Gasteiger partial charge < -0.3 is 5.11 Å². The second-order valence-corrected chi connectivity index (χ2v) is 4.43. The smallest absolute Gasteiger partial charge is 0.303 e. The number of rotatable bonds is 6. The number of carboxylic acid groups (broad SMARTS) is 1. The summed E-state index contributed by atoms with van der Waals surface area (Å²) in [5.74, 6) is -1.01. The summed E-state index contributed by atoms with van der Waals surface area (Å²) in [5.41, 5.74) is 1.80. The maximum atomic E-state index is 11.6. The Kier molecular flexibility index (Phi) is 4.24. The van der Waals surface area contributed by atoms with Crippen molar-refractivity contribution in [3.05, 3.63) is 36.0 Å². The fraction of sp³-hybridized carbons (Fsp3) is 0.286. The van der Waals surface area contributed by atoms with Crippen molar-refractivity contribution in [3.63, 3.8) is 0 Å². The summed E-state index contributed by atoms with van der Waals surface area (Å²) in [5, 5.41) is 16.5. The molecule has 0 unspecified atom stereocenters. The number of carbonyl (C=O) groups is 2. The molecule has 0 spiro atoms. The van der Waals surface area contributed by atoms with Crippen LogP contribution in [0.1, 0.15) is 30.3 Å². The summed E-state index contributed by atoms with van der Waals surface area (Å²) >= 11 is 0. The van der Waals surface area contributed by atoms with E-state index >= 15 is 0 Å². The molecule has 1 aromatic heterocycles. The molecule has 2 aromatic rings. The number of carboxylic acids is 1. The second kappa shape index (κ2) is 6.10. The minimum Gasteiger partial charge on any atom is -0.481 e. The third-order valence-electron chi connectivity index (χ3n) is 2.88. The van der Waals surface area contributed by atoms with Gasteiger partial charge in [-0.05, 0) is 6.42 Å². The first-order valence-corrected chi connectivity index (χ1v) is 6.31. The molecule has 2 rings (SSSR count). The van der Waals surface area contributed by atoms with Crippen molar-refractivity contribution in [2.24, 2.45) is 0 Å². The van der Waals surface area contributed by atoms with Gasteiger partial charge in [0.15, 0.2) is 11.5 Å². The third-order valence-corrected chi connectivity index (χ3v) is 2.88. The van der Waals surface area contributed by atoms with Crippen molar-refractivity contribution < 1.29 is 14.7 Å². The van der Waals surface area contributed by atoms with Crippen molar-refractivity contribution in [3.8, 4) is 11.3 Å². The number of benzene rings is 1. The maximum absolute atomic E-state index is 11.6. The van der Waals surface area contributed by atoms with Crippen LogP contribution in [0.5, 0.6) is 0 Å². The average Bonchev–Trinajstić information content (AvgIpc) is 2.83. The maximum Gasteiger partial charge on any atom is 0.303 e. The van der Waals surface area contributed by atoms with Crippen LogP contribution in [0, 0.1) is 0 Å². The van der Waals surface area contributed by atoms with Gasteiger partial charge in [0.25, 0.3) is 0 Å². The Hall–Kier alpha value is -2.50. The molecule has 6 heteroatoms. The number of hydrogen-bond donors (Lipinski definition) is 1. The summed E-state index contributed by atoms with van der Waals surface area (Å²) < 4.78 is 1.59. The lowest BCUT2D eigenvalue weighted by molar-refractivity contribution is -0.137. The molecule has 0 fully saturated rings. The molecule has 0 radical (unpaired) electrons. The van der Waals surface area contributed by atoms with E-state index in [-0.39, 0.29) is 12.2 Å². The monoisotopic (exact) mass is 273 g/mol. The highest BCUT2D eigenvalue weighted by Gasteiger charge is 2.18. The van der Waals surface area contributed by atoms with Gasteiger partial charge in [-0.15, -0.1) is 5.10 Å². The van der Waals surface area contributed by atoms with E-state index in [9.17, 15) is 9.59 Å². The zero-order valence-corrected chi connectivity index (χ0v) is 11.1. The zero-order valence-electron chi connectivity index (χ0n) is 11.1. The van der Waals surface area contributed by atoms with E-state index in [1.165, 1.54) is 6.92 Å². The van der Waals surface area contributed by atoms with Crippen molar-refractivity contribution in [1.29, 1.82) is 0 Å². The van der Waals surface area contributed by atoms with Gasteiger partial charge in [-0.1, -0.05) is 35.5 Å². The van der Waals surface area contributed by atoms with Crippen LogP contribution in [0.25, 0.3) is 11.3 Å². The van der Waals surface area contributed by atoms with E-state index in [1.54, 1.807) is 4.68 Å². The highest BCUT2D eigenvalue weighted by Crippen LogP contribution is 2.22. The number of aliphatic carboxylic acids is 1. The number of aryl methyl sites for hydroxylation is 1. The lowest BCUT2D eigenvalue weighted by Gasteiger charge is -2.06. The molecule has 0 amide bonds. The summed E-state index contributed by atoms with van der Waals surface area (Å²) in [7, 11) is 0. The Morgan fingerprint density at radius 1 is 1.25 bits per heavy atom. The fourth-order valence-electron chi connectivity index (χ4n) is 1.97. The number of nitrogens with zero attached hydrogens (tertiary/aromatic N) is 3. The molecule has 1 N–H and O–H groups in total. The molecular formula is C14H15N3O3. The zero-order chi connectivity index (χ0) is 14.5. The SMILES string of the molecule is CC(=O)c1nnn(CCCC(=O)O)c1-c1ccccc1. The molecule has 20 heavy (non-hydrogen) atoms. The van der Waals surface area contributed by atoms with Crippen molar-refractivity contribution >= 4 is 11.8 Å². The van der Waals surface area contributed by atoms with Gasteiger partial charge in [0.2, 0.25) is 0 Å².